The van der Waals surface area contributed by atoms with Crippen LogP contribution in [0, 0.1) is 0 Å². The summed E-state index contributed by atoms with van der Waals surface area (Å²) in [5.74, 6) is 1.09. The maximum absolute atomic E-state index is 11.1. The minimum Gasteiger partial charge on any atom is -0.331 e. The van der Waals surface area contributed by atoms with Crippen molar-refractivity contribution in [3.8, 4) is 0 Å². The Labute approximate surface area is 127 Å². The lowest BCUT2D eigenvalue weighted by Gasteiger charge is -2.22. The number of hydrogen-bond acceptors (Lipinski definition) is 4. The Hall–Kier alpha value is -0.920. The summed E-state index contributed by atoms with van der Waals surface area (Å²) in [6.07, 6.45) is 2.95. The number of imidazole rings is 1. The molecule has 120 valence electrons. The zero-order valence-corrected chi connectivity index (χ0v) is 14.2. The van der Waals surface area contributed by atoms with Crippen LogP contribution >= 0.6 is 0 Å². The molecule has 0 unspecified atom stereocenters. The van der Waals surface area contributed by atoms with Crippen molar-refractivity contribution in [2.24, 2.45) is 0 Å². The van der Waals surface area contributed by atoms with Crippen molar-refractivity contribution in [2.45, 2.75) is 52.1 Å². The molecule has 1 aromatic heterocycles. The van der Waals surface area contributed by atoms with Crippen molar-refractivity contribution in [1.29, 1.82) is 0 Å². The van der Waals surface area contributed by atoms with Crippen molar-refractivity contribution in [3.63, 3.8) is 0 Å². The van der Waals surface area contributed by atoms with Gasteiger partial charge < -0.3 is 9.88 Å². The molecule has 0 radical (unpaired) electrons. The summed E-state index contributed by atoms with van der Waals surface area (Å²) in [5, 5.41) is 3.35. The Balaban J connectivity index is 2.15. The number of fused-ring (bicyclic) bond motifs is 1. The average molecular weight is 314 g/mol. The van der Waals surface area contributed by atoms with E-state index in [2.05, 4.69) is 35.4 Å². The van der Waals surface area contributed by atoms with Gasteiger partial charge in [0, 0.05) is 43.7 Å². The Kier molecular flexibility index (Phi) is 4.75. The van der Waals surface area contributed by atoms with Crippen molar-refractivity contribution in [1.82, 2.24) is 19.6 Å². The van der Waals surface area contributed by atoms with E-state index >= 15 is 0 Å². The van der Waals surface area contributed by atoms with Crippen LogP contribution in [0.25, 0.3) is 0 Å². The molecule has 0 aromatic carbocycles. The highest BCUT2D eigenvalue weighted by Crippen LogP contribution is 2.26. The SMILES string of the molecule is CC(C)(C)c1nc2c(n1CCCNS(C)(=O)=O)CCNC2. The van der Waals surface area contributed by atoms with Crippen molar-refractivity contribution >= 4 is 10.0 Å². The zero-order valence-electron chi connectivity index (χ0n) is 13.4. The van der Waals surface area contributed by atoms with Gasteiger partial charge in [-0.2, -0.15) is 0 Å². The van der Waals surface area contributed by atoms with Gasteiger partial charge in [0.1, 0.15) is 5.82 Å². The second kappa shape index (κ2) is 6.06. The largest absolute Gasteiger partial charge is 0.331 e. The molecule has 1 aromatic rings. The van der Waals surface area contributed by atoms with E-state index < -0.39 is 10.0 Å². The highest BCUT2D eigenvalue weighted by Gasteiger charge is 2.26. The van der Waals surface area contributed by atoms with Gasteiger partial charge in [0.15, 0.2) is 0 Å². The van der Waals surface area contributed by atoms with Crippen LogP contribution in [-0.4, -0.2) is 37.3 Å². The molecule has 0 bridgehead atoms. The van der Waals surface area contributed by atoms with Crippen LogP contribution in [0.15, 0.2) is 0 Å². The number of hydrogen-bond donors (Lipinski definition) is 2. The van der Waals surface area contributed by atoms with Crippen LogP contribution in [0.1, 0.15) is 44.4 Å². The zero-order chi connectivity index (χ0) is 15.7. The first-order chi connectivity index (χ1) is 9.68. The van der Waals surface area contributed by atoms with Gasteiger partial charge in [-0.1, -0.05) is 20.8 Å². The molecular weight excluding hydrogens is 288 g/mol. The fraction of sp³-hybridized carbons (Fsp3) is 0.786. The van der Waals surface area contributed by atoms with E-state index in [0.717, 1.165) is 44.0 Å². The molecule has 2 heterocycles. The summed E-state index contributed by atoms with van der Waals surface area (Å²) in [5.41, 5.74) is 2.43. The lowest BCUT2D eigenvalue weighted by atomic mass is 9.95. The fourth-order valence-corrected chi connectivity index (χ4v) is 3.19. The van der Waals surface area contributed by atoms with E-state index in [1.54, 1.807) is 0 Å². The number of sulfonamides is 1. The van der Waals surface area contributed by atoms with Gasteiger partial charge in [-0.05, 0) is 6.42 Å². The van der Waals surface area contributed by atoms with Crippen LogP contribution in [0.3, 0.4) is 0 Å². The van der Waals surface area contributed by atoms with Crippen LogP contribution in [0.2, 0.25) is 0 Å². The summed E-state index contributed by atoms with van der Waals surface area (Å²) in [6.45, 7) is 9.57. The van der Waals surface area contributed by atoms with E-state index in [9.17, 15) is 8.42 Å². The van der Waals surface area contributed by atoms with Gasteiger partial charge >= 0.3 is 0 Å². The molecule has 0 atom stereocenters. The predicted molar refractivity (Wildman–Crippen MR) is 83.8 cm³/mol. The first kappa shape index (κ1) is 16.5. The van der Waals surface area contributed by atoms with Crippen molar-refractivity contribution < 1.29 is 8.42 Å². The van der Waals surface area contributed by atoms with Crippen molar-refractivity contribution in [2.75, 3.05) is 19.3 Å². The van der Waals surface area contributed by atoms with Crippen LogP contribution in [0.5, 0.6) is 0 Å². The third kappa shape index (κ3) is 4.28. The summed E-state index contributed by atoms with van der Waals surface area (Å²) >= 11 is 0. The van der Waals surface area contributed by atoms with E-state index in [-0.39, 0.29) is 5.41 Å². The highest BCUT2D eigenvalue weighted by atomic mass is 32.2. The standard InChI is InChI=1S/C14H26N4O2S/c1-14(2,3)13-17-11-10-15-8-6-12(11)18(13)9-5-7-16-21(4,19)20/h15-16H,5-10H2,1-4H3. The molecule has 0 saturated heterocycles. The third-order valence-electron chi connectivity index (χ3n) is 3.58. The van der Waals surface area contributed by atoms with Gasteiger partial charge in [0.2, 0.25) is 10.0 Å². The van der Waals surface area contributed by atoms with Gasteiger partial charge in [-0.25, -0.2) is 18.1 Å². The maximum Gasteiger partial charge on any atom is 0.208 e. The first-order valence-electron chi connectivity index (χ1n) is 7.42. The Morgan fingerprint density at radius 2 is 2.10 bits per heavy atom. The topological polar surface area (TPSA) is 76.0 Å². The number of nitrogens with zero attached hydrogens (tertiary/aromatic N) is 2. The quantitative estimate of drug-likeness (QED) is 0.787. The summed E-state index contributed by atoms with van der Waals surface area (Å²) in [4.78, 5) is 4.81. The van der Waals surface area contributed by atoms with Crippen LogP contribution in [0.4, 0.5) is 0 Å². The van der Waals surface area contributed by atoms with Gasteiger partial charge in [0.25, 0.3) is 0 Å². The molecule has 2 rings (SSSR count). The third-order valence-corrected chi connectivity index (χ3v) is 4.31. The van der Waals surface area contributed by atoms with E-state index in [4.69, 9.17) is 4.98 Å². The fourth-order valence-electron chi connectivity index (χ4n) is 2.68. The van der Waals surface area contributed by atoms with E-state index in [1.165, 1.54) is 11.9 Å². The summed E-state index contributed by atoms with van der Waals surface area (Å²) in [7, 11) is -3.11. The van der Waals surface area contributed by atoms with Crippen molar-refractivity contribution in [3.05, 3.63) is 17.2 Å². The smallest absolute Gasteiger partial charge is 0.208 e. The van der Waals surface area contributed by atoms with Crippen LogP contribution < -0.4 is 10.0 Å². The molecule has 7 heteroatoms. The van der Waals surface area contributed by atoms with Gasteiger partial charge in [-0.15, -0.1) is 0 Å². The lowest BCUT2D eigenvalue weighted by molar-refractivity contribution is 0.479. The number of rotatable bonds is 5. The molecule has 1 aliphatic heterocycles. The summed E-state index contributed by atoms with van der Waals surface area (Å²) in [6, 6.07) is 0. The average Bonchev–Trinajstić information content (AvgIpc) is 2.72. The maximum atomic E-state index is 11.1. The normalized spacial score (nSPS) is 16.0. The number of nitrogens with one attached hydrogen (secondary N) is 2. The minimum absolute atomic E-state index is 0.0123. The van der Waals surface area contributed by atoms with Gasteiger partial charge in [-0.3, -0.25) is 0 Å². The predicted octanol–water partition coefficient (Wildman–Crippen LogP) is 0.766. The lowest BCUT2D eigenvalue weighted by Crippen LogP contribution is -2.27. The Morgan fingerprint density at radius 3 is 2.71 bits per heavy atom. The molecular formula is C14H26N4O2S. The molecule has 21 heavy (non-hydrogen) atoms. The molecule has 0 fully saturated rings. The monoisotopic (exact) mass is 314 g/mol. The summed E-state index contributed by atoms with van der Waals surface area (Å²) < 4.78 is 27.1. The first-order valence-corrected chi connectivity index (χ1v) is 9.32. The molecule has 1 aliphatic rings. The molecule has 2 N–H and O–H groups in total. The Bertz CT molecular complexity index is 599. The minimum atomic E-state index is -3.11. The molecule has 0 spiro atoms. The second-order valence-electron chi connectivity index (χ2n) is 6.68. The van der Waals surface area contributed by atoms with E-state index in [0.29, 0.717) is 6.54 Å². The molecule has 6 nitrogen and oxygen atoms in total. The second-order valence-corrected chi connectivity index (χ2v) is 8.51. The van der Waals surface area contributed by atoms with Gasteiger partial charge in [0.05, 0.1) is 11.9 Å². The highest BCUT2D eigenvalue weighted by molar-refractivity contribution is 7.88. The number of aromatic nitrogens is 2. The Morgan fingerprint density at radius 1 is 1.38 bits per heavy atom. The molecule has 0 aliphatic carbocycles. The van der Waals surface area contributed by atoms with Crippen LogP contribution in [-0.2, 0) is 34.9 Å². The molecule has 0 saturated carbocycles. The molecule has 0 amide bonds. The van der Waals surface area contributed by atoms with E-state index in [1.807, 2.05) is 0 Å².